The van der Waals surface area contributed by atoms with Crippen molar-refractivity contribution in [2.45, 2.75) is 51.6 Å². The van der Waals surface area contributed by atoms with E-state index in [2.05, 4.69) is 36.0 Å². The first-order chi connectivity index (χ1) is 9.63. The highest BCUT2D eigenvalue weighted by atomic mass is 15.2. The Labute approximate surface area is 125 Å². The minimum Gasteiger partial charge on any atom is -0.311 e. The van der Waals surface area contributed by atoms with Crippen LogP contribution < -0.4 is 5.32 Å². The van der Waals surface area contributed by atoms with Crippen molar-refractivity contribution in [3.63, 3.8) is 0 Å². The molecule has 3 aliphatic rings. The third-order valence-electron chi connectivity index (χ3n) is 5.66. The molecule has 0 radical (unpaired) electrons. The summed E-state index contributed by atoms with van der Waals surface area (Å²) in [5.41, 5.74) is 0. The van der Waals surface area contributed by atoms with Gasteiger partial charge in [-0.05, 0) is 57.0 Å². The van der Waals surface area contributed by atoms with Crippen LogP contribution in [0.1, 0.15) is 39.5 Å². The number of hydrogen-bond donors (Lipinski definition) is 1. The zero-order valence-electron chi connectivity index (χ0n) is 13.6. The standard InChI is InChI=1S/C17H33N3/c1-13(2)17-9-18-16(15-6-7-15)12-20(17)11-14-5-4-8-19(3)10-14/h13-18H,4-12H2,1-3H3. The molecular weight excluding hydrogens is 246 g/mol. The highest BCUT2D eigenvalue weighted by Gasteiger charge is 2.38. The van der Waals surface area contributed by atoms with Gasteiger partial charge >= 0.3 is 0 Å². The summed E-state index contributed by atoms with van der Waals surface area (Å²) in [6.45, 7) is 11.2. The second-order valence-corrected chi connectivity index (χ2v) is 7.89. The van der Waals surface area contributed by atoms with Crippen molar-refractivity contribution < 1.29 is 0 Å². The second kappa shape index (κ2) is 6.33. The maximum Gasteiger partial charge on any atom is 0.0244 e. The number of likely N-dealkylation sites (tertiary alicyclic amines) is 1. The van der Waals surface area contributed by atoms with Crippen LogP contribution in [0.15, 0.2) is 0 Å². The molecule has 1 aliphatic carbocycles. The van der Waals surface area contributed by atoms with Crippen molar-refractivity contribution in [3.8, 4) is 0 Å². The first kappa shape index (κ1) is 14.8. The summed E-state index contributed by atoms with van der Waals surface area (Å²) in [5.74, 6) is 2.65. The molecule has 3 atom stereocenters. The van der Waals surface area contributed by atoms with Crippen LogP contribution in [0.5, 0.6) is 0 Å². The van der Waals surface area contributed by atoms with Crippen LogP contribution in [0.25, 0.3) is 0 Å². The minimum atomic E-state index is 0.747. The van der Waals surface area contributed by atoms with Crippen LogP contribution in [0.2, 0.25) is 0 Å². The van der Waals surface area contributed by atoms with E-state index in [1.165, 1.54) is 58.4 Å². The number of piperidine rings is 1. The molecule has 3 nitrogen and oxygen atoms in total. The molecule has 0 aromatic rings. The molecule has 0 aromatic carbocycles. The molecule has 0 amide bonds. The fraction of sp³-hybridized carbons (Fsp3) is 1.00. The Kier molecular flexibility index (Phi) is 4.68. The molecule has 0 spiro atoms. The van der Waals surface area contributed by atoms with E-state index in [0.29, 0.717) is 0 Å². The van der Waals surface area contributed by atoms with E-state index in [-0.39, 0.29) is 0 Å². The van der Waals surface area contributed by atoms with Gasteiger partial charge in [0.25, 0.3) is 0 Å². The number of hydrogen-bond acceptors (Lipinski definition) is 3. The zero-order valence-corrected chi connectivity index (χ0v) is 13.6. The molecule has 3 unspecified atom stereocenters. The molecule has 2 heterocycles. The summed E-state index contributed by atoms with van der Waals surface area (Å²) in [4.78, 5) is 5.37. The highest BCUT2D eigenvalue weighted by Crippen LogP contribution is 2.35. The van der Waals surface area contributed by atoms with Crippen LogP contribution in [0.3, 0.4) is 0 Å². The van der Waals surface area contributed by atoms with Crippen molar-refractivity contribution in [1.82, 2.24) is 15.1 Å². The molecule has 116 valence electrons. The third kappa shape index (κ3) is 3.55. The Balaban J connectivity index is 1.59. The zero-order chi connectivity index (χ0) is 14.1. The van der Waals surface area contributed by atoms with Gasteiger partial charge in [-0.2, -0.15) is 0 Å². The van der Waals surface area contributed by atoms with Crippen LogP contribution in [-0.4, -0.2) is 61.7 Å². The summed E-state index contributed by atoms with van der Waals surface area (Å²) < 4.78 is 0. The van der Waals surface area contributed by atoms with Gasteiger partial charge in [0.1, 0.15) is 0 Å². The molecule has 20 heavy (non-hydrogen) atoms. The Morgan fingerprint density at radius 1 is 1.15 bits per heavy atom. The summed E-state index contributed by atoms with van der Waals surface area (Å²) >= 11 is 0. The monoisotopic (exact) mass is 279 g/mol. The Morgan fingerprint density at radius 2 is 1.95 bits per heavy atom. The molecule has 2 saturated heterocycles. The van der Waals surface area contributed by atoms with Gasteiger partial charge in [-0.15, -0.1) is 0 Å². The van der Waals surface area contributed by atoms with Gasteiger partial charge in [-0.25, -0.2) is 0 Å². The van der Waals surface area contributed by atoms with Crippen molar-refractivity contribution in [3.05, 3.63) is 0 Å². The molecule has 3 fully saturated rings. The van der Waals surface area contributed by atoms with Crippen molar-refractivity contribution in [2.75, 3.05) is 39.8 Å². The smallest absolute Gasteiger partial charge is 0.0244 e. The maximum atomic E-state index is 3.84. The summed E-state index contributed by atoms with van der Waals surface area (Å²) in [7, 11) is 2.29. The summed E-state index contributed by atoms with van der Waals surface area (Å²) in [5, 5.41) is 3.84. The van der Waals surface area contributed by atoms with Crippen molar-refractivity contribution >= 4 is 0 Å². The lowest BCUT2D eigenvalue weighted by Crippen LogP contribution is -2.60. The molecular formula is C17H33N3. The Morgan fingerprint density at radius 3 is 2.60 bits per heavy atom. The van der Waals surface area contributed by atoms with E-state index < -0.39 is 0 Å². The first-order valence-electron chi connectivity index (χ1n) is 8.79. The highest BCUT2D eigenvalue weighted by molar-refractivity contribution is 4.96. The van der Waals surface area contributed by atoms with Crippen LogP contribution in [0.4, 0.5) is 0 Å². The predicted molar refractivity (Wildman–Crippen MR) is 84.9 cm³/mol. The van der Waals surface area contributed by atoms with E-state index in [9.17, 15) is 0 Å². The van der Waals surface area contributed by atoms with Crippen LogP contribution >= 0.6 is 0 Å². The van der Waals surface area contributed by atoms with E-state index in [0.717, 1.165) is 29.8 Å². The van der Waals surface area contributed by atoms with Gasteiger partial charge in [0, 0.05) is 38.3 Å². The number of nitrogens with one attached hydrogen (secondary N) is 1. The van der Waals surface area contributed by atoms with E-state index in [1.54, 1.807) is 0 Å². The van der Waals surface area contributed by atoms with Gasteiger partial charge in [0.2, 0.25) is 0 Å². The largest absolute Gasteiger partial charge is 0.311 e. The molecule has 2 aliphatic heterocycles. The SMILES string of the molecule is CC(C)C1CNC(C2CC2)CN1CC1CCCN(C)C1. The molecule has 3 rings (SSSR count). The van der Waals surface area contributed by atoms with Gasteiger partial charge in [-0.3, -0.25) is 4.90 Å². The molecule has 1 saturated carbocycles. The second-order valence-electron chi connectivity index (χ2n) is 7.89. The number of piperazine rings is 1. The topological polar surface area (TPSA) is 18.5 Å². The molecule has 0 aromatic heterocycles. The quantitative estimate of drug-likeness (QED) is 0.849. The first-order valence-corrected chi connectivity index (χ1v) is 8.79. The predicted octanol–water partition coefficient (Wildman–Crippen LogP) is 2.04. The third-order valence-corrected chi connectivity index (χ3v) is 5.66. The molecule has 3 heteroatoms. The Bertz CT molecular complexity index is 313. The summed E-state index contributed by atoms with van der Waals surface area (Å²) in [6.07, 6.45) is 5.76. The van der Waals surface area contributed by atoms with Gasteiger partial charge in [0.15, 0.2) is 0 Å². The van der Waals surface area contributed by atoms with Gasteiger partial charge < -0.3 is 10.2 Å². The number of nitrogens with zero attached hydrogens (tertiary/aromatic N) is 2. The lowest BCUT2D eigenvalue weighted by Gasteiger charge is -2.45. The fourth-order valence-electron chi connectivity index (χ4n) is 4.29. The number of rotatable bonds is 4. The normalized spacial score (nSPS) is 37.5. The van der Waals surface area contributed by atoms with E-state index in [4.69, 9.17) is 0 Å². The van der Waals surface area contributed by atoms with E-state index >= 15 is 0 Å². The lowest BCUT2D eigenvalue weighted by molar-refractivity contribution is 0.0596. The average Bonchev–Trinajstić information content (AvgIpc) is 3.22. The van der Waals surface area contributed by atoms with Crippen LogP contribution in [0, 0.1) is 17.8 Å². The van der Waals surface area contributed by atoms with Gasteiger partial charge in [-0.1, -0.05) is 13.8 Å². The molecule has 1 N–H and O–H groups in total. The lowest BCUT2D eigenvalue weighted by atomic mass is 9.92. The van der Waals surface area contributed by atoms with E-state index in [1.807, 2.05) is 0 Å². The van der Waals surface area contributed by atoms with Crippen molar-refractivity contribution in [1.29, 1.82) is 0 Å². The minimum absolute atomic E-state index is 0.747. The molecule has 0 bridgehead atoms. The van der Waals surface area contributed by atoms with Crippen molar-refractivity contribution in [2.24, 2.45) is 17.8 Å². The maximum absolute atomic E-state index is 3.84. The summed E-state index contributed by atoms with van der Waals surface area (Å²) in [6, 6.07) is 1.53. The van der Waals surface area contributed by atoms with Gasteiger partial charge in [0.05, 0.1) is 0 Å². The average molecular weight is 279 g/mol. The Hall–Kier alpha value is -0.120. The fourth-order valence-corrected chi connectivity index (χ4v) is 4.29. The van der Waals surface area contributed by atoms with Crippen LogP contribution in [-0.2, 0) is 0 Å².